The van der Waals surface area contributed by atoms with E-state index in [-0.39, 0.29) is 17.4 Å². The summed E-state index contributed by atoms with van der Waals surface area (Å²) in [5.74, 6) is 1.13. The van der Waals surface area contributed by atoms with E-state index in [9.17, 15) is 9.59 Å². The van der Waals surface area contributed by atoms with Gasteiger partial charge in [-0.1, -0.05) is 25.5 Å². The number of rotatable bonds is 8. The SMILES string of the molecule is CCCc1cc(=O)[nH]c(-n2nc(-c3ccco3)cc2NC(=O)c2ccccc2OCC)n1. The van der Waals surface area contributed by atoms with Gasteiger partial charge < -0.3 is 14.5 Å². The Balaban J connectivity index is 1.77. The standard InChI is InChI=1S/C23H23N5O4/c1-3-8-15-13-21(29)26-23(24-15)28-20(14-17(27-28)19-11-7-12-32-19)25-22(30)16-9-5-6-10-18(16)31-4-2/h5-7,9-14H,3-4,8H2,1-2H3,(H,25,30)(H,24,26,29). The Morgan fingerprint density at radius 3 is 2.78 bits per heavy atom. The maximum atomic E-state index is 13.1. The lowest BCUT2D eigenvalue weighted by Crippen LogP contribution is -2.19. The van der Waals surface area contributed by atoms with E-state index in [1.165, 1.54) is 17.0 Å². The number of amides is 1. The number of H-pyrrole nitrogens is 1. The molecule has 0 aliphatic rings. The van der Waals surface area contributed by atoms with Crippen LogP contribution < -0.4 is 15.6 Å². The number of para-hydroxylation sites is 1. The highest BCUT2D eigenvalue weighted by Crippen LogP contribution is 2.26. The van der Waals surface area contributed by atoms with Crippen LogP contribution >= 0.6 is 0 Å². The number of aromatic amines is 1. The Hall–Kier alpha value is -4.14. The minimum Gasteiger partial charge on any atom is -0.493 e. The first-order valence-electron chi connectivity index (χ1n) is 10.4. The van der Waals surface area contributed by atoms with Gasteiger partial charge in [-0.05, 0) is 37.6 Å². The van der Waals surface area contributed by atoms with Gasteiger partial charge in [0.2, 0.25) is 5.95 Å². The molecule has 0 fully saturated rings. The molecule has 2 N–H and O–H groups in total. The average molecular weight is 433 g/mol. The maximum absolute atomic E-state index is 13.1. The summed E-state index contributed by atoms with van der Waals surface area (Å²) in [5, 5.41) is 7.37. The molecule has 9 heteroatoms. The van der Waals surface area contributed by atoms with Gasteiger partial charge >= 0.3 is 0 Å². The Kier molecular flexibility index (Phi) is 6.16. The summed E-state index contributed by atoms with van der Waals surface area (Å²) in [4.78, 5) is 32.5. The van der Waals surface area contributed by atoms with E-state index in [1.54, 1.807) is 42.5 Å². The molecule has 3 aromatic heterocycles. The lowest BCUT2D eigenvalue weighted by atomic mass is 10.2. The first-order valence-corrected chi connectivity index (χ1v) is 10.4. The topological polar surface area (TPSA) is 115 Å². The van der Waals surface area contributed by atoms with Gasteiger partial charge in [-0.25, -0.2) is 4.98 Å². The van der Waals surface area contributed by atoms with Crippen molar-refractivity contribution in [2.75, 3.05) is 11.9 Å². The summed E-state index contributed by atoms with van der Waals surface area (Å²) in [6.07, 6.45) is 3.02. The van der Waals surface area contributed by atoms with Crippen molar-refractivity contribution in [3.8, 4) is 23.2 Å². The Morgan fingerprint density at radius 2 is 2.03 bits per heavy atom. The number of carbonyl (C=O) groups excluding carboxylic acids is 1. The zero-order chi connectivity index (χ0) is 22.5. The first kappa shape index (κ1) is 21.1. The largest absolute Gasteiger partial charge is 0.493 e. The van der Waals surface area contributed by atoms with Gasteiger partial charge in [-0.15, -0.1) is 0 Å². The minimum atomic E-state index is -0.381. The molecule has 164 valence electrons. The minimum absolute atomic E-state index is 0.201. The molecule has 32 heavy (non-hydrogen) atoms. The van der Waals surface area contributed by atoms with Crippen molar-refractivity contribution < 1.29 is 13.9 Å². The molecule has 0 atom stereocenters. The third-order valence-electron chi connectivity index (χ3n) is 4.65. The number of nitrogens with zero attached hydrogens (tertiary/aromatic N) is 3. The second kappa shape index (κ2) is 9.34. The molecule has 1 amide bonds. The van der Waals surface area contributed by atoms with Crippen LogP contribution in [0.4, 0.5) is 5.82 Å². The lowest BCUT2D eigenvalue weighted by molar-refractivity contribution is 0.102. The van der Waals surface area contributed by atoms with Crippen molar-refractivity contribution in [1.29, 1.82) is 0 Å². The predicted molar refractivity (Wildman–Crippen MR) is 119 cm³/mol. The van der Waals surface area contributed by atoms with Gasteiger partial charge in [-0.2, -0.15) is 9.78 Å². The van der Waals surface area contributed by atoms with Crippen LogP contribution in [0, 0.1) is 0 Å². The Labute approximate surface area is 184 Å². The molecule has 0 saturated heterocycles. The van der Waals surface area contributed by atoms with Crippen LogP contribution in [0.25, 0.3) is 17.4 Å². The molecular formula is C23H23N5O4. The van der Waals surface area contributed by atoms with Crippen LogP contribution in [-0.4, -0.2) is 32.3 Å². The maximum Gasteiger partial charge on any atom is 0.260 e. The smallest absolute Gasteiger partial charge is 0.260 e. The van der Waals surface area contributed by atoms with Gasteiger partial charge in [0.25, 0.3) is 11.5 Å². The highest BCUT2D eigenvalue weighted by atomic mass is 16.5. The van der Waals surface area contributed by atoms with Gasteiger partial charge in [0.1, 0.15) is 17.3 Å². The quantitative estimate of drug-likeness (QED) is 0.437. The van der Waals surface area contributed by atoms with E-state index >= 15 is 0 Å². The van der Waals surface area contributed by atoms with E-state index in [1.807, 2.05) is 13.8 Å². The molecule has 0 spiro atoms. The van der Waals surface area contributed by atoms with Crippen LogP contribution in [0.5, 0.6) is 5.75 Å². The monoisotopic (exact) mass is 433 g/mol. The normalized spacial score (nSPS) is 10.8. The van der Waals surface area contributed by atoms with Gasteiger partial charge in [0.15, 0.2) is 5.76 Å². The molecule has 9 nitrogen and oxygen atoms in total. The van der Waals surface area contributed by atoms with Crippen LogP contribution in [0.15, 0.2) is 64.0 Å². The molecular weight excluding hydrogens is 410 g/mol. The molecule has 4 rings (SSSR count). The number of furan rings is 1. The number of aromatic nitrogens is 4. The summed E-state index contributed by atoms with van der Waals surface area (Å²) < 4.78 is 12.4. The fourth-order valence-electron chi connectivity index (χ4n) is 3.27. The van der Waals surface area contributed by atoms with Gasteiger partial charge in [0, 0.05) is 17.8 Å². The molecule has 0 radical (unpaired) electrons. The summed E-state index contributed by atoms with van der Waals surface area (Å²) in [6.45, 7) is 4.29. The molecule has 0 bridgehead atoms. The highest BCUT2D eigenvalue weighted by molar-refractivity contribution is 6.06. The van der Waals surface area contributed by atoms with Crippen molar-refractivity contribution in [3.63, 3.8) is 0 Å². The number of ether oxygens (including phenoxy) is 1. The molecule has 0 saturated carbocycles. The van der Waals surface area contributed by atoms with Crippen LogP contribution in [0.3, 0.4) is 0 Å². The lowest BCUT2D eigenvalue weighted by Gasteiger charge is -2.11. The Morgan fingerprint density at radius 1 is 1.19 bits per heavy atom. The van der Waals surface area contributed by atoms with Crippen molar-refractivity contribution >= 4 is 11.7 Å². The zero-order valence-electron chi connectivity index (χ0n) is 17.8. The van der Waals surface area contributed by atoms with Crippen LogP contribution in [0.1, 0.15) is 36.3 Å². The molecule has 1 aromatic carbocycles. The second-order valence-corrected chi connectivity index (χ2v) is 7.00. The number of nitrogens with one attached hydrogen (secondary N) is 2. The van der Waals surface area contributed by atoms with Crippen molar-refractivity contribution in [2.45, 2.75) is 26.7 Å². The van der Waals surface area contributed by atoms with Crippen molar-refractivity contribution in [1.82, 2.24) is 19.7 Å². The number of benzene rings is 1. The van der Waals surface area contributed by atoms with E-state index in [0.29, 0.717) is 47.3 Å². The second-order valence-electron chi connectivity index (χ2n) is 7.00. The van der Waals surface area contributed by atoms with Crippen molar-refractivity contribution in [2.24, 2.45) is 0 Å². The van der Waals surface area contributed by atoms with Crippen LogP contribution in [-0.2, 0) is 6.42 Å². The third kappa shape index (κ3) is 4.46. The van der Waals surface area contributed by atoms with Gasteiger partial charge in [-0.3, -0.25) is 14.6 Å². The molecule has 3 heterocycles. The van der Waals surface area contributed by atoms with Crippen molar-refractivity contribution in [3.05, 3.63) is 76.4 Å². The predicted octanol–water partition coefficient (Wildman–Crippen LogP) is 3.82. The first-order chi connectivity index (χ1) is 15.6. The molecule has 0 unspecified atom stereocenters. The van der Waals surface area contributed by atoms with Gasteiger partial charge in [0.05, 0.1) is 18.4 Å². The number of aryl methyl sites for hydroxylation is 1. The summed E-state index contributed by atoms with van der Waals surface area (Å²) >= 11 is 0. The van der Waals surface area contributed by atoms with Crippen LogP contribution in [0.2, 0.25) is 0 Å². The fourth-order valence-corrected chi connectivity index (χ4v) is 3.27. The third-order valence-corrected chi connectivity index (χ3v) is 4.65. The molecule has 4 aromatic rings. The summed E-state index contributed by atoms with van der Waals surface area (Å²) in [5.41, 5.74) is 1.20. The number of anilines is 1. The summed E-state index contributed by atoms with van der Waals surface area (Å²) in [6, 6.07) is 13.6. The van der Waals surface area contributed by atoms with E-state index in [4.69, 9.17) is 9.15 Å². The highest BCUT2D eigenvalue weighted by Gasteiger charge is 2.19. The number of hydrogen-bond donors (Lipinski definition) is 2. The Bertz CT molecular complexity index is 1270. The average Bonchev–Trinajstić information content (AvgIpc) is 3.44. The van der Waals surface area contributed by atoms with E-state index in [2.05, 4.69) is 20.4 Å². The fraction of sp³-hybridized carbons (Fsp3) is 0.217. The molecule has 0 aliphatic heterocycles. The number of carbonyl (C=O) groups is 1. The van der Waals surface area contributed by atoms with E-state index in [0.717, 1.165) is 6.42 Å². The molecule has 0 aliphatic carbocycles. The van der Waals surface area contributed by atoms with E-state index < -0.39 is 0 Å². The zero-order valence-corrected chi connectivity index (χ0v) is 17.8. The number of hydrogen-bond acceptors (Lipinski definition) is 6. The summed E-state index contributed by atoms with van der Waals surface area (Å²) in [7, 11) is 0.